The van der Waals surface area contributed by atoms with E-state index in [1.807, 2.05) is 0 Å². The van der Waals surface area contributed by atoms with Gasteiger partial charge < -0.3 is 19.7 Å². The number of aromatic hydroxyl groups is 2. The lowest BCUT2D eigenvalue weighted by Gasteiger charge is -2.09. The minimum absolute atomic E-state index is 0.0144. The van der Waals surface area contributed by atoms with Gasteiger partial charge in [-0.1, -0.05) is 24.3 Å². The van der Waals surface area contributed by atoms with E-state index >= 15 is 0 Å². The van der Waals surface area contributed by atoms with Gasteiger partial charge in [0.05, 0.1) is 0 Å². The van der Waals surface area contributed by atoms with Crippen LogP contribution in [0.25, 0.3) is 0 Å². The summed E-state index contributed by atoms with van der Waals surface area (Å²) in [4.78, 5) is 23.7. The van der Waals surface area contributed by atoms with Crippen molar-refractivity contribution in [2.45, 2.75) is 13.8 Å². The summed E-state index contributed by atoms with van der Waals surface area (Å²) in [6.45, 7) is 2.66. The molecule has 0 heterocycles. The molecule has 0 atom stereocenters. The second-order valence-corrected chi connectivity index (χ2v) is 4.92. The molecule has 0 saturated heterocycles. The Bertz CT molecular complexity index is 687. The van der Waals surface area contributed by atoms with Crippen LogP contribution in [0.2, 0.25) is 0 Å². The maximum atomic E-state index is 11.8. The van der Waals surface area contributed by atoms with Gasteiger partial charge in [0.1, 0.15) is 22.6 Å². The zero-order valence-corrected chi connectivity index (χ0v) is 12.7. The maximum Gasteiger partial charge on any atom is 0.344 e. The lowest BCUT2D eigenvalue weighted by atomic mass is 10.1. The summed E-state index contributed by atoms with van der Waals surface area (Å²) in [5.74, 6) is -1.99. The monoisotopic (exact) mass is 316 g/mol. The molecule has 2 rings (SSSR count). The summed E-state index contributed by atoms with van der Waals surface area (Å²) in [6.07, 6.45) is 0. The fourth-order valence-corrected chi connectivity index (χ4v) is 1.94. The number of phenols is 2. The molecule has 0 aliphatic carbocycles. The summed E-state index contributed by atoms with van der Waals surface area (Å²) in [5, 5.41) is 19.6. The number of hydrogen-bond donors (Lipinski definition) is 2. The summed E-state index contributed by atoms with van der Waals surface area (Å²) >= 11 is 0. The molecule has 2 aromatic rings. The molecule has 6 heteroatoms. The van der Waals surface area contributed by atoms with Gasteiger partial charge in [-0.2, -0.15) is 0 Å². The molecule has 0 aliphatic heterocycles. The Morgan fingerprint density at radius 2 is 1.22 bits per heavy atom. The quantitative estimate of drug-likeness (QED) is 0.665. The molecule has 0 radical (unpaired) electrons. The molecule has 23 heavy (non-hydrogen) atoms. The minimum atomic E-state index is -0.813. The number of ether oxygens (including phenoxy) is 2. The molecule has 0 aliphatic rings. The highest BCUT2D eigenvalue weighted by Gasteiger charge is 2.17. The van der Waals surface area contributed by atoms with E-state index in [1.54, 1.807) is 38.1 Å². The lowest BCUT2D eigenvalue weighted by Crippen LogP contribution is -2.13. The summed E-state index contributed by atoms with van der Waals surface area (Å²) < 4.78 is 9.61. The SMILES string of the molecule is Cc1cccc(C(=O)OCOC(=O)c2cccc(C)c2O)c1O. The number of para-hydroxylation sites is 2. The predicted molar refractivity (Wildman–Crippen MR) is 81.4 cm³/mol. The number of rotatable bonds is 4. The highest BCUT2D eigenvalue weighted by atomic mass is 16.7. The number of carbonyl (C=O) groups is 2. The average Bonchev–Trinajstić information content (AvgIpc) is 2.52. The van der Waals surface area contributed by atoms with Crippen molar-refractivity contribution < 1.29 is 29.3 Å². The fraction of sp³-hybridized carbons (Fsp3) is 0.176. The van der Waals surface area contributed by atoms with Crippen molar-refractivity contribution in [2.75, 3.05) is 6.79 Å². The van der Waals surface area contributed by atoms with E-state index in [1.165, 1.54) is 12.1 Å². The second-order valence-electron chi connectivity index (χ2n) is 4.92. The van der Waals surface area contributed by atoms with Gasteiger partial charge in [0.2, 0.25) is 6.79 Å². The number of aryl methyl sites for hydroxylation is 2. The van der Waals surface area contributed by atoms with E-state index in [9.17, 15) is 19.8 Å². The van der Waals surface area contributed by atoms with Gasteiger partial charge in [-0.15, -0.1) is 0 Å². The predicted octanol–water partition coefficient (Wildman–Crippen LogP) is 2.69. The lowest BCUT2D eigenvalue weighted by molar-refractivity contribution is -0.0170. The van der Waals surface area contributed by atoms with Crippen molar-refractivity contribution in [3.05, 3.63) is 58.7 Å². The third-order valence-corrected chi connectivity index (χ3v) is 3.30. The van der Waals surface area contributed by atoms with Crippen LogP contribution < -0.4 is 0 Å². The Kier molecular flexibility index (Phi) is 4.85. The molecule has 6 nitrogen and oxygen atoms in total. The van der Waals surface area contributed by atoms with Crippen LogP contribution in [-0.2, 0) is 9.47 Å². The summed E-state index contributed by atoms with van der Waals surface area (Å²) in [7, 11) is 0. The van der Waals surface area contributed by atoms with Crippen molar-refractivity contribution in [1.29, 1.82) is 0 Å². The first-order chi connectivity index (χ1) is 10.9. The zero-order chi connectivity index (χ0) is 17.0. The molecule has 2 N–H and O–H groups in total. The Labute approximate surface area is 132 Å². The van der Waals surface area contributed by atoms with Crippen LogP contribution in [0, 0.1) is 13.8 Å². The van der Waals surface area contributed by atoms with Crippen molar-refractivity contribution in [1.82, 2.24) is 0 Å². The first-order valence-electron chi connectivity index (χ1n) is 6.83. The second kappa shape index (κ2) is 6.83. The normalized spacial score (nSPS) is 10.2. The summed E-state index contributed by atoms with van der Waals surface area (Å²) in [5.41, 5.74) is 1.03. The van der Waals surface area contributed by atoms with Crippen LogP contribution >= 0.6 is 0 Å². The molecule has 0 amide bonds. The Balaban J connectivity index is 1.97. The number of esters is 2. The van der Waals surface area contributed by atoms with E-state index in [0.717, 1.165) is 0 Å². The van der Waals surface area contributed by atoms with Gasteiger partial charge in [-0.25, -0.2) is 9.59 Å². The van der Waals surface area contributed by atoms with Crippen LogP contribution in [0.3, 0.4) is 0 Å². The number of hydrogen-bond acceptors (Lipinski definition) is 6. The minimum Gasteiger partial charge on any atom is -0.507 e. The van der Waals surface area contributed by atoms with Crippen LogP contribution in [0.1, 0.15) is 31.8 Å². The molecule has 0 spiro atoms. The van der Waals surface area contributed by atoms with Gasteiger partial charge in [-0.05, 0) is 37.1 Å². The van der Waals surface area contributed by atoms with Gasteiger partial charge >= 0.3 is 11.9 Å². The van der Waals surface area contributed by atoms with Crippen molar-refractivity contribution in [3.8, 4) is 11.5 Å². The van der Waals surface area contributed by atoms with Crippen LogP contribution in [0.5, 0.6) is 11.5 Å². The summed E-state index contributed by atoms with van der Waals surface area (Å²) in [6, 6.07) is 9.29. The van der Waals surface area contributed by atoms with Gasteiger partial charge in [-0.3, -0.25) is 0 Å². The molecule has 2 aromatic carbocycles. The van der Waals surface area contributed by atoms with E-state index in [-0.39, 0.29) is 22.6 Å². The van der Waals surface area contributed by atoms with Crippen LogP contribution in [0.4, 0.5) is 0 Å². The van der Waals surface area contributed by atoms with Crippen molar-refractivity contribution >= 4 is 11.9 Å². The molecular formula is C17H16O6. The number of carbonyl (C=O) groups excluding carboxylic acids is 2. The topological polar surface area (TPSA) is 93.1 Å². The molecule has 0 unspecified atom stereocenters. The van der Waals surface area contributed by atoms with Crippen molar-refractivity contribution in [3.63, 3.8) is 0 Å². The molecule has 0 bridgehead atoms. The van der Waals surface area contributed by atoms with E-state index in [0.29, 0.717) is 11.1 Å². The fourth-order valence-electron chi connectivity index (χ4n) is 1.94. The average molecular weight is 316 g/mol. The Morgan fingerprint density at radius 1 is 0.826 bits per heavy atom. The standard InChI is InChI=1S/C17H16O6/c1-10-5-3-7-12(14(10)18)16(20)22-9-23-17(21)13-8-4-6-11(2)15(13)19/h3-8,18-19H,9H2,1-2H3. The van der Waals surface area contributed by atoms with Crippen LogP contribution in [-0.4, -0.2) is 28.9 Å². The Morgan fingerprint density at radius 3 is 1.61 bits per heavy atom. The van der Waals surface area contributed by atoms with E-state index in [2.05, 4.69) is 0 Å². The maximum absolute atomic E-state index is 11.8. The molecular weight excluding hydrogens is 300 g/mol. The number of phenolic OH excluding ortho intramolecular Hbond substituents is 2. The molecule has 0 aromatic heterocycles. The third kappa shape index (κ3) is 3.60. The molecule has 0 saturated carbocycles. The van der Waals surface area contributed by atoms with Crippen LogP contribution in [0.15, 0.2) is 36.4 Å². The third-order valence-electron chi connectivity index (χ3n) is 3.30. The van der Waals surface area contributed by atoms with Gasteiger partial charge in [0, 0.05) is 0 Å². The van der Waals surface area contributed by atoms with Gasteiger partial charge in [0.25, 0.3) is 0 Å². The largest absolute Gasteiger partial charge is 0.507 e. The highest BCUT2D eigenvalue weighted by molar-refractivity contribution is 5.94. The Hall–Kier alpha value is -3.02. The van der Waals surface area contributed by atoms with E-state index in [4.69, 9.17) is 9.47 Å². The van der Waals surface area contributed by atoms with Crippen molar-refractivity contribution in [2.24, 2.45) is 0 Å². The molecule has 120 valence electrons. The highest BCUT2D eigenvalue weighted by Crippen LogP contribution is 2.23. The smallest absolute Gasteiger partial charge is 0.344 e. The van der Waals surface area contributed by atoms with E-state index < -0.39 is 18.7 Å². The first-order valence-corrected chi connectivity index (χ1v) is 6.83. The van der Waals surface area contributed by atoms with Gasteiger partial charge in [0.15, 0.2) is 0 Å². The molecule has 0 fully saturated rings. The number of benzene rings is 2. The first kappa shape index (κ1) is 16.4. The zero-order valence-electron chi connectivity index (χ0n) is 12.7.